The first kappa shape index (κ1) is 11.1. The van der Waals surface area contributed by atoms with Gasteiger partial charge in [-0.2, -0.15) is 0 Å². The average Bonchev–Trinajstić information content (AvgIpc) is 2.91. The number of fused-ring (bicyclic) bond motifs is 3. The Morgan fingerprint density at radius 3 is 2.89 bits per heavy atom. The van der Waals surface area contributed by atoms with Crippen LogP contribution < -0.4 is 10.6 Å². The number of nitrogens with one attached hydrogen (secondary N) is 1. The van der Waals surface area contributed by atoms with Crippen LogP contribution in [0.1, 0.15) is 31.0 Å². The smallest absolute Gasteiger partial charge is 0.319 e. The molecule has 94 valence electrons. The summed E-state index contributed by atoms with van der Waals surface area (Å²) in [5.74, 6) is 0.474. The molecule has 0 spiro atoms. The van der Waals surface area contributed by atoms with Crippen molar-refractivity contribution in [2.24, 2.45) is 5.73 Å². The highest BCUT2D eigenvalue weighted by Crippen LogP contribution is 2.35. The molecular weight excluding hydrogens is 226 g/mol. The zero-order valence-electron chi connectivity index (χ0n) is 10.7. The van der Waals surface area contributed by atoms with Crippen molar-refractivity contribution in [1.82, 2.24) is 4.98 Å². The molecule has 1 aliphatic heterocycles. The van der Waals surface area contributed by atoms with Crippen molar-refractivity contribution in [3.05, 3.63) is 29.5 Å². The molecule has 0 bridgehead atoms. The second-order valence-corrected chi connectivity index (χ2v) is 5.14. The van der Waals surface area contributed by atoms with Gasteiger partial charge in [-0.05, 0) is 36.1 Å². The van der Waals surface area contributed by atoms with Crippen LogP contribution in [0.2, 0.25) is 0 Å². The highest BCUT2D eigenvalue weighted by atomic mass is 16.2. The number of carbonyl (C=O) groups excluding carboxylic acids is 1. The van der Waals surface area contributed by atoms with Gasteiger partial charge < -0.3 is 10.7 Å². The Morgan fingerprint density at radius 1 is 1.44 bits per heavy atom. The van der Waals surface area contributed by atoms with Gasteiger partial charge in [0, 0.05) is 28.8 Å². The lowest BCUT2D eigenvalue weighted by atomic mass is 10.1. The van der Waals surface area contributed by atoms with Crippen LogP contribution in [0.15, 0.2) is 18.2 Å². The number of carbonyl (C=O) groups is 1. The van der Waals surface area contributed by atoms with E-state index in [4.69, 9.17) is 5.73 Å². The molecular formula is C14H17N3O. The van der Waals surface area contributed by atoms with Crippen molar-refractivity contribution in [3.63, 3.8) is 0 Å². The summed E-state index contributed by atoms with van der Waals surface area (Å²) >= 11 is 0. The molecule has 2 aromatic rings. The maximum atomic E-state index is 11.4. The van der Waals surface area contributed by atoms with Gasteiger partial charge in [0.05, 0.1) is 0 Å². The Kier molecular flexibility index (Phi) is 2.33. The number of rotatable bonds is 1. The van der Waals surface area contributed by atoms with Crippen molar-refractivity contribution in [3.8, 4) is 0 Å². The third kappa shape index (κ3) is 1.49. The fourth-order valence-electron chi connectivity index (χ4n) is 2.67. The second-order valence-electron chi connectivity index (χ2n) is 5.14. The number of urea groups is 1. The summed E-state index contributed by atoms with van der Waals surface area (Å²) in [6.07, 6.45) is 0.880. The van der Waals surface area contributed by atoms with E-state index < -0.39 is 0 Å². The van der Waals surface area contributed by atoms with E-state index in [2.05, 4.69) is 24.9 Å². The average molecular weight is 243 g/mol. The molecule has 0 radical (unpaired) electrons. The molecule has 0 saturated heterocycles. The molecule has 0 fully saturated rings. The summed E-state index contributed by atoms with van der Waals surface area (Å²) in [6.45, 7) is 5.02. The molecule has 1 aliphatic rings. The normalized spacial score (nSPS) is 14.5. The SMILES string of the molecule is CC(C)c1cc2c3c(ccc2[nH]1)N(C(N)=O)CC3. The first-order valence-electron chi connectivity index (χ1n) is 6.29. The Hall–Kier alpha value is -1.97. The van der Waals surface area contributed by atoms with E-state index in [9.17, 15) is 4.79 Å². The summed E-state index contributed by atoms with van der Waals surface area (Å²) in [5, 5.41) is 1.22. The van der Waals surface area contributed by atoms with Crippen LogP contribution in [0.3, 0.4) is 0 Å². The van der Waals surface area contributed by atoms with Crippen molar-refractivity contribution in [1.29, 1.82) is 0 Å². The van der Waals surface area contributed by atoms with E-state index in [1.807, 2.05) is 12.1 Å². The van der Waals surface area contributed by atoms with Gasteiger partial charge in [0.15, 0.2) is 0 Å². The third-order valence-electron chi connectivity index (χ3n) is 3.68. The Bertz CT molecular complexity index is 627. The molecule has 0 atom stereocenters. The summed E-state index contributed by atoms with van der Waals surface area (Å²) < 4.78 is 0. The Labute approximate surface area is 106 Å². The number of H-pyrrole nitrogens is 1. The fourth-order valence-corrected chi connectivity index (χ4v) is 2.67. The number of aromatic amines is 1. The number of primary amides is 1. The topological polar surface area (TPSA) is 62.1 Å². The van der Waals surface area contributed by atoms with Crippen LogP contribution >= 0.6 is 0 Å². The van der Waals surface area contributed by atoms with Crippen molar-refractivity contribution >= 4 is 22.6 Å². The van der Waals surface area contributed by atoms with Crippen molar-refractivity contribution < 1.29 is 4.79 Å². The van der Waals surface area contributed by atoms with Crippen molar-refractivity contribution in [2.45, 2.75) is 26.2 Å². The molecule has 3 N–H and O–H groups in total. The lowest BCUT2D eigenvalue weighted by Crippen LogP contribution is -2.33. The molecule has 1 aromatic carbocycles. The van der Waals surface area contributed by atoms with Gasteiger partial charge in [-0.15, -0.1) is 0 Å². The molecule has 0 unspecified atom stereocenters. The zero-order valence-corrected chi connectivity index (χ0v) is 10.7. The van der Waals surface area contributed by atoms with E-state index >= 15 is 0 Å². The molecule has 2 heterocycles. The molecule has 0 saturated carbocycles. The van der Waals surface area contributed by atoms with Crippen molar-refractivity contribution in [2.75, 3.05) is 11.4 Å². The van der Waals surface area contributed by atoms with Gasteiger partial charge in [-0.25, -0.2) is 4.79 Å². The van der Waals surface area contributed by atoms with E-state index in [-0.39, 0.29) is 6.03 Å². The van der Waals surface area contributed by atoms with E-state index in [1.54, 1.807) is 4.90 Å². The molecule has 0 aliphatic carbocycles. The van der Waals surface area contributed by atoms with Gasteiger partial charge in [0.25, 0.3) is 0 Å². The summed E-state index contributed by atoms with van der Waals surface area (Å²) in [5.41, 5.74) is 9.96. The first-order chi connectivity index (χ1) is 8.58. The molecule has 4 nitrogen and oxygen atoms in total. The maximum Gasteiger partial charge on any atom is 0.319 e. The number of anilines is 1. The Balaban J connectivity index is 2.18. The predicted octanol–water partition coefficient (Wildman–Crippen LogP) is 2.73. The van der Waals surface area contributed by atoms with Crippen LogP contribution in [0.25, 0.3) is 10.9 Å². The summed E-state index contributed by atoms with van der Waals surface area (Å²) in [6, 6.07) is 5.84. The first-order valence-corrected chi connectivity index (χ1v) is 6.29. The standard InChI is InChI=1S/C14H17N3O/c1-8(2)12-7-10-9-5-6-17(14(15)18)13(9)4-3-11(10)16-12/h3-4,7-8,16H,5-6H2,1-2H3,(H2,15,18). The number of aromatic nitrogens is 1. The van der Waals surface area contributed by atoms with E-state index in [1.165, 1.54) is 16.6 Å². The quantitative estimate of drug-likeness (QED) is 0.794. The largest absolute Gasteiger partial charge is 0.358 e. The lowest BCUT2D eigenvalue weighted by molar-refractivity contribution is 0.254. The number of amides is 2. The molecule has 2 amide bonds. The summed E-state index contributed by atoms with van der Waals surface area (Å²) in [4.78, 5) is 16.4. The monoisotopic (exact) mass is 243 g/mol. The second kappa shape index (κ2) is 3.77. The van der Waals surface area contributed by atoms with Crippen LogP contribution in [0, 0.1) is 0 Å². The number of benzene rings is 1. The van der Waals surface area contributed by atoms with Crippen LogP contribution in [0.5, 0.6) is 0 Å². The van der Waals surface area contributed by atoms with Gasteiger partial charge >= 0.3 is 6.03 Å². The highest BCUT2D eigenvalue weighted by molar-refractivity contribution is 5.99. The van der Waals surface area contributed by atoms with Crippen LogP contribution in [-0.2, 0) is 6.42 Å². The molecule has 4 heteroatoms. The number of nitrogens with two attached hydrogens (primary N) is 1. The zero-order chi connectivity index (χ0) is 12.9. The lowest BCUT2D eigenvalue weighted by Gasteiger charge is -2.13. The Morgan fingerprint density at radius 2 is 2.22 bits per heavy atom. The molecule has 3 rings (SSSR count). The minimum absolute atomic E-state index is 0.368. The van der Waals surface area contributed by atoms with Gasteiger partial charge in [0.2, 0.25) is 0 Å². The maximum absolute atomic E-state index is 11.4. The number of hydrogen-bond acceptors (Lipinski definition) is 1. The van der Waals surface area contributed by atoms with Crippen LogP contribution in [0.4, 0.5) is 10.5 Å². The minimum Gasteiger partial charge on any atom is -0.358 e. The minimum atomic E-state index is -0.368. The van der Waals surface area contributed by atoms with Gasteiger partial charge in [-0.1, -0.05) is 13.8 Å². The summed E-state index contributed by atoms with van der Waals surface area (Å²) in [7, 11) is 0. The predicted molar refractivity (Wildman–Crippen MR) is 73.0 cm³/mol. The highest BCUT2D eigenvalue weighted by Gasteiger charge is 2.25. The van der Waals surface area contributed by atoms with Gasteiger partial charge in [-0.3, -0.25) is 4.90 Å². The number of nitrogens with zero attached hydrogens (tertiary/aromatic N) is 1. The molecule has 1 aromatic heterocycles. The fraction of sp³-hybridized carbons (Fsp3) is 0.357. The van der Waals surface area contributed by atoms with E-state index in [0.717, 1.165) is 17.6 Å². The third-order valence-corrected chi connectivity index (χ3v) is 3.68. The molecule has 18 heavy (non-hydrogen) atoms. The van der Waals surface area contributed by atoms with E-state index in [0.29, 0.717) is 12.5 Å². The van der Waals surface area contributed by atoms with Gasteiger partial charge in [0.1, 0.15) is 0 Å². The number of hydrogen-bond donors (Lipinski definition) is 2. The van der Waals surface area contributed by atoms with Crippen LogP contribution in [-0.4, -0.2) is 17.6 Å².